The summed E-state index contributed by atoms with van der Waals surface area (Å²) in [5, 5.41) is 11.3. The number of likely N-dealkylation sites (N-methyl/N-ethyl adjacent to an activating group) is 1. The predicted molar refractivity (Wildman–Crippen MR) is 65.7 cm³/mol. The van der Waals surface area contributed by atoms with Crippen molar-refractivity contribution >= 4 is 10.9 Å². The van der Waals surface area contributed by atoms with Crippen molar-refractivity contribution in [3.8, 4) is 5.75 Å². The number of ether oxygens (including phenoxy) is 1. The Morgan fingerprint density at radius 2 is 2.18 bits per heavy atom. The topological polar surface area (TPSA) is 37.6 Å². The Morgan fingerprint density at radius 1 is 1.35 bits per heavy atom. The molecule has 3 rings (SSSR count). The number of methoxy groups -OCH3 is 1. The van der Waals surface area contributed by atoms with Crippen molar-refractivity contribution in [1.82, 2.24) is 9.63 Å². The minimum absolute atomic E-state index is 0.794. The Balaban J connectivity index is 2.26. The number of hydrogen-bond donors (Lipinski definition) is 1. The van der Waals surface area contributed by atoms with E-state index in [1.165, 1.54) is 10.3 Å². The average molecular weight is 232 g/mol. The van der Waals surface area contributed by atoms with Crippen LogP contribution in [0.1, 0.15) is 11.3 Å². The van der Waals surface area contributed by atoms with E-state index in [1.807, 2.05) is 18.2 Å². The molecule has 0 radical (unpaired) electrons. The second-order valence-corrected chi connectivity index (χ2v) is 4.61. The van der Waals surface area contributed by atoms with E-state index in [-0.39, 0.29) is 0 Å². The number of aromatic nitrogens is 1. The molecule has 0 saturated heterocycles. The zero-order valence-electron chi connectivity index (χ0n) is 10.1. The van der Waals surface area contributed by atoms with Crippen molar-refractivity contribution in [2.45, 2.75) is 13.0 Å². The normalized spacial score (nSPS) is 16.1. The van der Waals surface area contributed by atoms with Crippen molar-refractivity contribution in [1.29, 1.82) is 0 Å². The lowest BCUT2D eigenvalue weighted by molar-refractivity contribution is 0.172. The van der Waals surface area contributed by atoms with Crippen LogP contribution in [0.2, 0.25) is 0 Å². The summed E-state index contributed by atoms with van der Waals surface area (Å²) >= 11 is 0. The second kappa shape index (κ2) is 3.67. The van der Waals surface area contributed by atoms with E-state index in [0.717, 1.165) is 41.9 Å². The summed E-state index contributed by atoms with van der Waals surface area (Å²) in [7, 11) is 3.73. The fourth-order valence-corrected chi connectivity index (χ4v) is 2.58. The third-order valence-corrected chi connectivity index (χ3v) is 3.52. The fourth-order valence-electron chi connectivity index (χ4n) is 2.58. The molecular formula is C13H16N2O2. The summed E-state index contributed by atoms with van der Waals surface area (Å²) in [4.78, 5) is 2.21. The molecule has 2 heterocycles. The highest BCUT2D eigenvalue weighted by atomic mass is 16.5. The number of rotatable bonds is 1. The molecule has 0 saturated carbocycles. The highest BCUT2D eigenvalue weighted by Crippen LogP contribution is 2.31. The van der Waals surface area contributed by atoms with E-state index in [1.54, 1.807) is 7.11 Å². The van der Waals surface area contributed by atoms with Crippen LogP contribution in [-0.2, 0) is 13.0 Å². The number of nitrogens with zero attached hydrogens (tertiary/aromatic N) is 2. The van der Waals surface area contributed by atoms with Crippen LogP contribution in [0, 0.1) is 0 Å². The highest BCUT2D eigenvalue weighted by molar-refractivity contribution is 5.86. The summed E-state index contributed by atoms with van der Waals surface area (Å²) in [6.45, 7) is 1.83. The molecule has 0 aliphatic carbocycles. The SMILES string of the molecule is COc1ccc2c(c1)c1c(n2O)CN(C)CC1. The molecule has 1 aliphatic rings. The minimum Gasteiger partial charge on any atom is -0.497 e. The predicted octanol–water partition coefficient (Wildman–Crippen LogP) is 1.88. The zero-order chi connectivity index (χ0) is 12.0. The van der Waals surface area contributed by atoms with Crippen LogP contribution in [0.3, 0.4) is 0 Å². The van der Waals surface area contributed by atoms with E-state index in [2.05, 4.69) is 11.9 Å². The maximum absolute atomic E-state index is 10.2. The van der Waals surface area contributed by atoms with Gasteiger partial charge < -0.3 is 14.8 Å². The molecular weight excluding hydrogens is 216 g/mol. The summed E-state index contributed by atoms with van der Waals surface area (Å²) in [6.07, 6.45) is 0.975. The number of hydrogen-bond acceptors (Lipinski definition) is 3. The Kier molecular flexibility index (Phi) is 2.26. The van der Waals surface area contributed by atoms with E-state index in [9.17, 15) is 5.21 Å². The van der Waals surface area contributed by atoms with Crippen molar-refractivity contribution in [3.63, 3.8) is 0 Å². The van der Waals surface area contributed by atoms with Gasteiger partial charge in [0.05, 0.1) is 18.3 Å². The van der Waals surface area contributed by atoms with Crippen LogP contribution < -0.4 is 4.74 Å². The fraction of sp³-hybridized carbons (Fsp3) is 0.385. The first-order valence-electron chi connectivity index (χ1n) is 5.78. The maximum atomic E-state index is 10.2. The maximum Gasteiger partial charge on any atom is 0.119 e. The highest BCUT2D eigenvalue weighted by Gasteiger charge is 2.22. The smallest absolute Gasteiger partial charge is 0.119 e. The molecule has 1 aromatic carbocycles. The van der Waals surface area contributed by atoms with Gasteiger partial charge in [0, 0.05) is 18.5 Å². The van der Waals surface area contributed by atoms with Gasteiger partial charge in [-0.3, -0.25) is 0 Å². The molecule has 90 valence electrons. The van der Waals surface area contributed by atoms with Crippen LogP contribution in [0.5, 0.6) is 5.75 Å². The Labute approximate surface area is 100.0 Å². The minimum atomic E-state index is 0.794. The standard InChI is InChI=1S/C13H16N2O2/c1-14-6-5-10-11-7-9(17-2)3-4-12(11)15(16)13(10)8-14/h3-4,7,16H,5-6,8H2,1-2H3. The van der Waals surface area contributed by atoms with Gasteiger partial charge >= 0.3 is 0 Å². The Hall–Kier alpha value is -1.68. The van der Waals surface area contributed by atoms with Gasteiger partial charge in [0.15, 0.2) is 0 Å². The van der Waals surface area contributed by atoms with Gasteiger partial charge in [0.25, 0.3) is 0 Å². The molecule has 1 N–H and O–H groups in total. The molecule has 2 aromatic rings. The average Bonchev–Trinajstić information content (AvgIpc) is 2.62. The first-order valence-corrected chi connectivity index (χ1v) is 5.78. The number of benzene rings is 1. The molecule has 0 unspecified atom stereocenters. The number of fused-ring (bicyclic) bond motifs is 3. The zero-order valence-corrected chi connectivity index (χ0v) is 10.1. The quantitative estimate of drug-likeness (QED) is 0.763. The summed E-state index contributed by atoms with van der Waals surface area (Å²) < 4.78 is 6.56. The lowest BCUT2D eigenvalue weighted by Gasteiger charge is -2.22. The first kappa shape index (κ1) is 10.5. The second-order valence-electron chi connectivity index (χ2n) is 4.61. The summed E-state index contributed by atoms with van der Waals surface area (Å²) in [5.41, 5.74) is 3.12. The van der Waals surface area contributed by atoms with Gasteiger partial charge in [-0.15, -0.1) is 0 Å². The lowest BCUT2D eigenvalue weighted by atomic mass is 10.0. The van der Waals surface area contributed by atoms with Gasteiger partial charge in [0.2, 0.25) is 0 Å². The van der Waals surface area contributed by atoms with E-state index < -0.39 is 0 Å². The molecule has 0 atom stereocenters. The van der Waals surface area contributed by atoms with Crippen LogP contribution in [0.25, 0.3) is 10.9 Å². The molecule has 17 heavy (non-hydrogen) atoms. The molecule has 0 fully saturated rings. The molecule has 4 nitrogen and oxygen atoms in total. The molecule has 4 heteroatoms. The molecule has 0 bridgehead atoms. The van der Waals surface area contributed by atoms with Crippen LogP contribution >= 0.6 is 0 Å². The molecule has 1 aliphatic heterocycles. The van der Waals surface area contributed by atoms with Crippen LogP contribution in [-0.4, -0.2) is 35.5 Å². The van der Waals surface area contributed by atoms with E-state index >= 15 is 0 Å². The van der Waals surface area contributed by atoms with Gasteiger partial charge in [-0.2, -0.15) is 4.73 Å². The van der Waals surface area contributed by atoms with Crippen LogP contribution in [0.15, 0.2) is 18.2 Å². The van der Waals surface area contributed by atoms with Gasteiger partial charge in [0.1, 0.15) is 5.75 Å². The van der Waals surface area contributed by atoms with Crippen molar-refractivity contribution in [2.75, 3.05) is 20.7 Å². The van der Waals surface area contributed by atoms with Crippen molar-refractivity contribution < 1.29 is 9.94 Å². The Bertz CT molecular complexity index is 574. The van der Waals surface area contributed by atoms with E-state index in [0.29, 0.717) is 0 Å². The first-order chi connectivity index (χ1) is 8.20. The van der Waals surface area contributed by atoms with Gasteiger partial charge in [-0.05, 0) is 37.2 Å². The molecule has 1 aromatic heterocycles. The molecule has 0 spiro atoms. The Morgan fingerprint density at radius 3 is 2.94 bits per heavy atom. The van der Waals surface area contributed by atoms with Gasteiger partial charge in [-0.1, -0.05) is 0 Å². The van der Waals surface area contributed by atoms with Gasteiger partial charge in [-0.25, -0.2) is 0 Å². The summed E-state index contributed by atoms with van der Waals surface area (Å²) in [6, 6.07) is 5.79. The van der Waals surface area contributed by atoms with Crippen LogP contribution in [0.4, 0.5) is 0 Å². The third kappa shape index (κ3) is 1.48. The molecule has 0 amide bonds. The van der Waals surface area contributed by atoms with Crippen molar-refractivity contribution in [3.05, 3.63) is 29.5 Å². The van der Waals surface area contributed by atoms with Crippen molar-refractivity contribution in [2.24, 2.45) is 0 Å². The summed E-state index contributed by atoms with van der Waals surface area (Å²) in [5.74, 6) is 0.838. The lowest BCUT2D eigenvalue weighted by Crippen LogP contribution is -2.27. The van der Waals surface area contributed by atoms with E-state index in [4.69, 9.17) is 4.74 Å². The third-order valence-electron chi connectivity index (χ3n) is 3.52. The monoisotopic (exact) mass is 232 g/mol. The largest absolute Gasteiger partial charge is 0.497 e.